The fourth-order valence-corrected chi connectivity index (χ4v) is 2.88. The van der Waals surface area contributed by atoms with E-state index in [9.17, 15) is 9.90 Å². The molecule has 0 saturated carbocycles. The van der Waals surface area contributed by atoms with E-state index in [0.717, 1.165) is 10.1 Å². The number of rotatable bonds is 2. The van der Waals surface area contributed by atoms with Crippen LogP contribution in [0.1, 0.15) is 5.69 Å². The summed E-state index contributed by atoms with van der Waals surface area (Å²) in [5, 5.41) is 11.7. The molecule has 2 aromatic rings. The molecule has 3 nitrogen and oxygen atoms in total. The molecule has 0 aliphatic rings. The summed E-state index contributed by atoms with van der Waals surface area (Å²) in [4.78, 5) is 10.9. The third-order valence-electron chi connectivity index (χ3n) is 1.93. The lowest BCUT2D eigenvalue weighted by Crippen LogP contribution is -2.37. The van der Waals surface area contributed by atoms with Gasteiger partial charge in [-0.2, -0.15) is 4.37 Å². The highest BCUT2D eigenvalue weighted by molar-refractivity contribution is 9.25. The minimum absolute atomic E-state index is 0.420. The van der Waals surface area contributed by atoms with Gasteiger partial charge in [0.25, 0.3) is 0 Å². The maximum absolute atomic E-state index is 10.9. The number of hydrogen-bond acceptors (Lipinski definition) is 4. The molecule has 0 radical (unpaired) electrons. The van der Waals surface area contributed by atoms with Gasteiger partial charge in [0.2, 0.25) is 0 Å². The highest BCUT2D eigenvalue weighted by atomic mass is 79.9. The molecule has 0 unspecified atom stereocenters. The summed E-state index contributed by atoms with van der Waals surface area (Å²) < 4.78 is 3.64. The number of nitrogens with zero attached hydrogens (tertiary/aromatic N) is 1. The first kappa shape index (κ1) is 11.0. The van der Waals surface area contributed by atoms with E-state index in [-0.39, 0.29) is 0 Å². The van der Waals surface area contributed by atoms with Crippen LogP contribution in [0.25, 0.3) is 10.1 Å². The summed E-state index contributed by atoms with van der Waals surface area (Å²) in [6, 6.07) is 7.44. The maximum Gasteiger partial charge on any atom is 0.163 e. The largest absolute Gasteiger partial charge is 0.547 e. The summed E-state index contributed by atoms with van der Waals surface area (Å²) in [5.41, 5.74) is 0.420. The SMILES string of the molecule is O=C([O-])C(Br)(Br)c1nsc2ccccc12. The average Bonchev–Trinajstić information content (AvgIpc) is 2.61. The molecule has 2 rings (SSSR count). The Kier molecular flexibility index (Phi) is 2.83. The lowest BCUT2D eigenvalue weighted by atomic mass is 10.2. The van der Waals surface area contributed by atoms with Crippen molar-refractivity contribution >= 4 is 59.4 Å². The average molecular weight is 350 g/mol. The molecule has 78 valence electrons. The molecule has 1 aromatic carbocycles. The monoisotopic (exact) mass is 348 g/mol. The topological polar surface area (TPSA) is 53.0 Å². The molecule has 15 heavy (non-hydrogen) atoms. The van der Waals surface area contributed by atoms with Crippen LogP contribution in [0, 0.1) is 0 Å². The van der Waals surface area contributed by atoms with Crippen LogP contribution in [0.2, 0.25) is 0 Å². The summed E-state index contributed by atoms with van der Waals surface area (Å²) in [7, 11) is 0. The predicted octanol–water partition coefficient (Wildman–Crippen LogP) is 1.99. The van der Waals surface area contributed by atoms with Crippen LogP contribution in [-0.4, -0.2) is 10.3 Å². The minimum atomic E-state index is -1.42. The maximum atomic E-state index is 10.9. The number of aromatic nitrogens is 1. The normalized spacial score (nSPS) is 11.9. The van der Waals surface area contributed by atoms with E-state index in [1.807, 2.05) is 24.3 Å². The second-order valence-corrected chi connectivity index (χ2v) is 7.14. The molecule has 0 amide bonds. The standard InChI is InChI=1S/C9H5Br2NO2S/c10-9(11,8(13)14)7-5-3-1-2-4-6(5)15-12-7/h1-4H,(H,13,14)/p-1. The third kappa shape index (κ3) is 1.81. The molecule has 0 bridgehead atoms. The molecule has 0 spiro atoms. The van der Waals surface area contributed by atoms with Gasteiger partial charge < -0.3 is 9.90 Å². The van der Waals surface area contributed by atoms with E-state index >= 15 is 0 Å². The fourth-order valence-electron chi connectivity index (χ4n) is 1.21. The molecule has 0 saturated heterocycles. The Morgan fingerprint density at radius 3 is 2.73 bits per heavy atom. The first-order valence-electron chi connectivity index (χ1n) is 3.97. The summed E-state index contributed by atoms with van der Waals surface area (Å²) in [6.45, 7) is 0. The number of alkyl halides is 2. The Labute approximate surface area is 107 Å². The lowest BCUT2D eigenvalue weighted by molar-refractivity contribution is -0.306. The molecular formula is C9H4Br2NO2S-. The van der Waals surface area contributed by atoms with Crippen molar-refractivity contribution in [3.8, 4) is 0 Å². The zero-order chi connectivity index (χ0) is 11.1. The molecule has 1 heterocycles. The van der Waals surface area contributed by atoms with Crippen molar-refractivity contribution in [3.63, 3.8) is 0 Å². The lowest BCUT2D eigenvalue weighted by Gasteiger charge is -2.19. The van der Waals surface area contributed by atoms with Crippen molar-refractivity contribution in [2.24, 2.45) is 0 Å². The molecule has 0 atom stereocenters. The summed E-state index contributed by atoms with van der Waals surface area (Å²) >= 11 is 7.36. The van der Waals surface area contributed by atoms with Gasteiger partial charge in [0.15, 0.2) is 3.23 Å². The first-order valence-corrected chi connectivity index (χ1v) is 6.33. The second-order valence-electron chi connectivity index (χ2n) is 2.89. The zero-order valence-corrected chi connectivity index (χ0v) is 11.2. The number of aliphatic carboxylic acids is 1. The van der Waals surface area contributed by atoms with Crippen LogP contribution in [0.3, 0.4) is 0 Å². The van der Waals surface area contributed by atoms with Crippen molar-refractivity contribution in [1.29, 1.82) is 0 Å². The smallest absolute Gasteiger partial charge is 0.163 e. The van der Waals surface area contributed by atoms with Gasteiger partial charge in [-0.25, -0.2) is 0 Å². The van der Waals surface area contributed by atoms with E-state index in [4.69, 9.17) is 0 Å². The van der Waals surface area contributed by atoms with Gasteiger partial charge in [-0.05, 0) is 17.6 Å². The van der Waals surface area contributed by atoms with Crippen molar-refractivity contribution in [3.05, 3.63) is 30.0 Å². The predicted molar refractivity (Wildman–Crippen MR) is 64.2 cm³/mol. The van der Waals surface area contributed by atoms with Crippen LogP contribution in [0.15, 0.2) is 24.3 Å². The Morgan fingerprint density at radius 2 is 2.07 bits per heavy atom. The number of carboxylic acids is 1. The molecule has 1 aromatic heterocycles. The minimum Gasteiger partial charge on any atom is -0.547 e. The van der Waals surface area contributed by atoms with E-state index < -0.39 is 9.20 Å². The Hall–Kier alpha value is -0.460. The van der Waals surface area contributed by atoms with Gasteiger partial charge in [0, 0.05) is 5.39 Å². The molecule has 6 heteroatoms. The zero-order valence-electron chi connectivity index (χ0n) is 7.24. The number of hydrogen-bond donors (Lipinski definition) is 0. The van der Waals surface area contributed by atoms with Crippen LogP contribution < -0.4 is 5.11 Å². The van der Waals surface area contributed by atoms with Gasteiger partial charge in [-0.1, -0.05) is 50.1 Å². The number of fused-ring (bicyclic) bond motifs is 1. The van der Waals surface area contributed by atoms with Gasteiger partial charge in [-0.15, -0.1) is 0 Å². The first-order chi connectivity index (χ1) is 7.03. The van der Waals surface area contributed by atoms with Crippen molar-refractivity contribution in [2.45, 2.75) is 3.23 Å². The molecule has 0 aliphatic carbocycles. The van der Waals surface area contributed by atoms with E-state index in [0.29, 0.717) is 5.69 Å². The molecule has 0 fully saturated rings. The van der Waals surface area contributed by atoms with E-state index in [2.05, 4.69) is 36.2 Å². The number of benzene rings is 1. The quantitative estimate of drug-likeness (QED) is 0.779. The third-order valence-corrected chi connectivity index (χ3v) is 4.16. The Bertz CT molecular complexity index is 524. The highest BCUT2D eigenvalue weighted by Gasteiger charge is 2.31. The van der Waals surface area contributed by atoms with Gasteiger partial charge in [0.1, 0.15) is 0 Å². The molecule has 0 aliphatic heterocycles. The van der Waals surface area contributed by atoms with Crippen LogP contribution >= 0.6 is 43.4 Å². The van der Waals surface area contributed by atoms with Crippen LogP contribution in [0.4, 0.5) is 0 Å². The van der Waals surface area contributed by atoms with Gasteiger partial charge in [-0.3, -0.25) is 0 Å². The highest BCUT2D eigenvalue weighted by Crippen LogP contribution is 2.41. The number of carbonyl (C=O) groups is 1. The fraction of sp³-hybridized carbons (Fsp3) is 0.111. The second kappa shape index (κ2) is 3.84. The van der Waals surface area contributed by atoms with Crippen molar-refractivity contribution in [1.82, 2.24) is 4.37 Å². The van der Waals surface area contributed by atoms with Gasteiger partial charge in [0.05, 0.1) is 16.4 Å². The Morgan fingerprint density at radius 1 is 1.40 bits per heavy atom. The van der Waals surface area contributed by atoms with Crippen molar-refractivity contribution < 1.29 is 9.90 Å². The molecule has 0 N–H and O–H groups in total. The number of halogens is 2. The van der Waals surface area contributed by atoms with Crippen molar-refractivity contribution in [2.75, 3.05) is 0 Å². The Balaban J connectivity index is 2.67. The van der Waals surface area contributed by atoms with Gasteiger partial charge >= 0.3 is 0 Å². The van der Waals surface area contributed by atoms with E-state index in [1.54, 1.807) is 0 Å². The number of carbonyl (C=O) groups excluding carboxylic acids is 1. The van der Waals surface area contributed by atoms with Crippen LogP contribution in [-0.2, 0) is 8.03 Å². The summed E-state index contributed by atoms with van der Waals surface area (Å²) in [5.74, 6) is -1.27. The molecular weight excluding hydrogens is 346 g/mol. The summed E-state index contributed by atoms with van der Waals surface area (Å²) in [6.07, 6.45) is 0. The van der Waals surface area contributed by atoms with Crippen LogP contribution in [0.5, 0.6) is 0 Å². The number of carboxylic acid groups (broad SMARTS) is 1. The van der Waals surface area contributed by atoms with E-state index in [1.165, 1.54) is 11.5 Å².